The average Bonchev–Trinajstić information content (AvgIpc) is 2.40. The van der Waals surface area contributed by atoms with E-state index in [-0.39, 0.29) is 11.8 Å². The summed E-state index contributed by atoms with van der Waals surface area (Å²) < 4.78 is 32.8. The Labute approximate surface area is 108 Å². The molecule has 0 bridgehead atoms. The number of morpholine rings is 1. The minimum atomic E-state index is -3.36. The molecule has 0 amide bonds. The molecule has 3 N–H and O–H groups in total. The van der Waals surface area contributed by atoms with Crippen LogP contribution in [0, 0.1) is 11.3 Å². The van der Waals surface area contributed by atoms with Gasteiger partial charge in [-0.3, -0.25) is 5.41 Å². The molecule has 0 aliphatic carbocycles. The van der Waals surface area contributed by atoms with Crippen molar-refractivity contribution in [2.75, 3.05) is 39.4 Å². The highest BCUT2D eigenvalue weighted by molar-refractivity contribution is 7.86. The Morgan fingerprint density at radius 1 is 1.11 bits per heavy atom. The zero-order valence-electron chi connectivity index (χ0n) is 10.3. The van der Waals surface area contributed by atoms with Crippen LogP contribution in [-0.2, 0) is 14.9 Å². The summed E-state index contributed by atoms with van der Waals surface area (Å²) in [4.78, 5) is 0. The molecule has 0 radical (unpaired) electrons. The number of piperidine rings is 1. The number of ether oxygens (including phenoxy) is 1. The Kier molecular flexibility index (Phi) is 4.21. The molecule has 2 aliphatic rings. The molecule has 104 valence electrons. The Bertz CT molecular complexity index is 397. The van der Waals surface area contributed by atoms with Crippen molar-refractivity contribution in [3.8, 4) is 0 Å². The van der Waals surface area contributed by atoms with Gasteiger partial charge in [0.2, 0.25) is 0 Å². The summed E-state index contributed by atoms with van der Waals surface area (Å²) in [6.45, 7) is 2.67. The Balaban J connectivity index is 1.97. The number of hydrogen-bond acceptors (Lipinski definition) is 4. The molecule has 8 heteroatoms. The van der Waals surface area contributed by atoms with Gasteiger partial charge < -0.3 is 10.5 Å². The largest absolute Gasteiger partial charge is 0.387 e. The SMILES string of the molecule is N=C(N)C1CCN(S(=O)(=O)N2CCOCC2)CC1. The van der Waals surface area contributed by atoms with E-state index in [9.17, 15) is 8.42 Å². The average molecular weight is 276 g/mol. The highest BCUT2D eigenvalue weighted by Crippen LogP contribution is 2.21. The van der Waals surface area contributed by atoms with E-state index in [4.69, 9.17) is 15.9 Å². The first-order chi connectivity index (χ1) is 8.51. The van der Waals surface area contributed by atoms with Crippen LogP contribution in [0.25, 0.3) is 0 Å². The third-order valence-corrected chi connectivity index (χ3v) is 5.55. The molecule has 0 aromatic carbocycles. The first-order valence-electron chi connectivity index (χ1n) is 6.18. The number of rotatable bonds is 3. The van der Waals surface area contributed by atoms with E-state index >= 15 is 0 Å². The first kappa shape index (κ1) is 13.7. The molecular formula is C10H20N4O3S. The van der Waals surface area contributed by atoms with Crippen LogP contribution >= 0.6 is 0 Å². The maximum atomic E-state index is 12.3. The third-order valence-electron chi connectivity index (χ3n) is 3.52. The molecule has 0 spiro atoms. The van der Waals surface area contributed by atoms with E-state index in [1.165, 1.54) is 8.61 Å². The van der Waals surface area contributed by atoms with Crippen LogP contribution in [0.2, 0.25) is 0 Å². The van der Waals surface area contributed by atoms with Crippen molar-refractivity contribution in [1.29, 1.82) is 5.41 Å². The highest BCUT2D eigenvalue weighted by Gasteiger charge is 2.34. The van der Waals surface area contributed by atoms with Crippen LogP contribution in [-0.4, -0.2) is 62.3 Å². The molecule has 2 rings (SSSR count). The second-order valence-electron chi connectivity index (χ2n) is 4.65. The van der Waals surface area contributed by atoms with Crippen LogP contribution in [0.4, 0.5) is 0 Å². The molecule has 2 saturated heterocycles. The summed E-state index contributed by atoms with van der Waals surface area (Å²) >= 11 is 0. The summed E-state index contributed by atoms with van der Waals surface area (Å²) in [5, 5.41) is 7.39. The lowest BCUT2D eigenvalue weighted by Crippen LogP contribution is -2.51. The van der Waals surface area contributed by atoms with E-state index < -0.39 is 10.2 Å². The van der Waals surface area contributed by atoms with Crippen LogP contribution in [0.1, 0.15) is 12.8 Å². The standard InChI is InChI=1S/C10H20N4O3S/c11-10(12)9-1-3-13(4-2-9)18(15,16)14-5-7-17-8-6-14/h9H,1-8H2,(H3,11,12). The maximum Gasteiger partial charge on any atom is 0.282 e. The van der Waals surface area contributed by atoms with Crippen LogP contribution < -0.4 is 5.73 Å². The van der Waals surface area contributed by atoms with Crippen molar-refractivity contribution in [2.45, 2.75) is 12.8 Å². The van der Waals surface area contributed by atoms with Crippen molar-refractivity contribution in [2.24, 2.45) is 11.7 Å². The summed E-state index contributed by atoms with van der Waals surface area (Å²) in [6.07, 6.45) is 1.28. The predicted molar refractivity (Wildman–Crippen MR) is 67.5 cm³/mol. The Hall–Kier alpha value is -0.700. The van der Waals surface area contributed by atoms with Crippen molar-refractivity contribution in [3.63, 3.8) is 0 Å². The molecule has 7 nitrogen and oxygen atoms in total. The summed E-state index contributed by atoms with van der Waals surface area (Å²) in [5.74, 6) is 0.194. The van der Waals surface area contributed by atoms with E-state index in [2.05, 4.69) is 0 Å². The summed E-state index contributed by atoms with van der Waals surface area (Å²) in [7, 11) is -3.36. The van der Waals surface area contributed by atoms with Crippen molar-refractivity contribution < 1.29 is 13.2 Å². The molecule has 18 heavy (non-hydrogen) atoms. The van der Waals surface area contributed by atoms with Crippen LogP contribution in [0.5, 0.6) is 0 Å². The first-order valence-corrected chi connectivity index (χ1v) is 7.58. The molecule has 0 atom stereocenters. The summed E-state index contributed by atoms with van der Waals surface area (Å²) in [5.41, 5.74) is 5.45. The predicted octanol–water partition coefficient (Wildman–Crippen LogP) is -0.789. The molecule has 0 aromatic rings. The highest BCUT2D eigenvalue weighted by atomic mass is 32.2. The fourth-order valence-corrected chi connectivity index (χ4v) is 3.95. The quantitative estimate of drug-likeness (QED) is 0.521. The van der Waals surface area contributed by atoms with Gasteiger partial charge in [0.05, 0.1) is 19.0 Å². The molecule has 2 fully saturated rings. The van der Waals surface area contributed by atoms with Gasteiger partial charge in [-0.15, -0.1) is 0 Å². The summed E-state index contributed by atoms with van der Waals surface area (Å²) in [6, 6.07) is 0. The number of nitrogens with two attached hydrogens (primary N) is 1. The van der Waals surface area contributed by atoms with E-state index in [1.807, 2.05) is 0 Å². The smallest absolute Gasteiger partial charge is 0.282 e. The van der Waals surface area contributed by atoms with E-state index in [0.29, 0.717) is 52.2 Å². The zero-order chi connectivity index (χ0) is 13.2. The van der Waals surface area contributed by atoms with Crippen molar-refractivity contribution in [3.05, 3.63) is 0 Å². The van der Waals surface area contributed by atoms with Gasteiger partial charge in [-0.2, -0.15) is 17.0 Å². The number of nitrogens with zero attached hydrogens (tertiary/aromatic N) is 2. The normalized spacial score (nSPS) is 25.1. The van der Waals surface area contributed by atoms with Crippen molar-refractivity contribution in [1.82, 2.24) is 8.61 Å². The van der Waals surface area contributed by atoms with Gasteiger partial charge in [0.15, 0.2) is 0 Å². The zero-order valence-corrected chi connectivity index (χ0v) is 11.2. The minimum absolute atomic E-state index is 0.0288. The van der Waals surface area contributed by atoms with Crippen LogP contribution in [0.15, 0.2) is 0 Å². The second kappa shape index (κ2) is 5.52. The number of amidine groups is 1. The lowest BCUT2D eigenvalue weighted by Gasteiger charge is -2.35. The van der Waals surface area contributed by atoms with Crippen LogP contribution in [0.3, 0.4) is 0 Å². The molecule has 2 aliphatic heterocycles. The van der Waals surface area contributed by atoms with E-state index in [0.717, 1.165) is 0 Å². The van der Waals surface area contributed by atoms with Gasteiger partial charge in [-0.1, -0.05) is 0 Å². The molecule has 2 heterocycles. The van der Waals surface area contributed by atoms with Gasteiger partial charge in [-0.05, 0) is 12.8 Å². The van der Waals surface area contributed by atoms with Gasteiger partial charge in [0.25, 0.3) is 10.2 Å². The molecule has 0 saturated carbocycles. The fourth-order valence-electron chi connectivity index (χ4n) is 2.34. The molecular weight excluding hydrogens is 256 g/mol. The minimum Gasteiger partial charge on any atom is -0.387 e. The topological polar surface area (TPSA) is 99.7 Å². The van der Waals surface area contributed by atoms with Gasteiger partial charge in [0.1, 0.15) is 0 Å². The Morgan fingerprint density at radius 2 is 1.61 bits per heavy atom. The lowest BCUT2D eigenvalue weighted by atomic mass is 9.97. The van der Waals surface area contributed by atoms with Crippen molar-refractivity contribution >= 4 is 16.0 Å². The van der Waals surface area contributed by atoms with Gasteiger partial charge in [-0.25, -0.2) is 0 Å². The monoisotopic (exact) mass is 276 g/mol. The molecule has 0 aromatic heterocycles. The second-order valence-corrected chi connectivity index (χ2v) is 6.58. The fraction of sp³-hybridized carbons (Fsp3) is 0.900. The number of hydrogen-bond donors (Lipinski definition) is 2. The van der Waals surface area contributed by atoms with Gasteiger partial charge in [0, 0.05) is 32.1 Å². The third kappa shape index (κ3) is 2.82. The van der Waals surface area contributed by atoms with Gasteiger partial charge >= 0.3 is 0 Å². The lowest BCUT2D eigenvalue weighted by molar-refractivity contribution is 0.0695. The van der Waals surface area contributed by atoms with E-state index in [1.54, 1.807) is 0 Å². The Morgan fingerprint density at radius 3 is 2.11 bits per heavy atom. The maximum absolute atomic E-state index is 12.3. The number of nitrogens with one attached hydrogen (secondary N) is 1. The molecule has 0 unspecified atom stereocenters.